The zero-order chi connectivity index (χ0) is 13.9. The molecule has 0 N–H and O–H groups in total. The number of benzene rings is 2. The van der Waals surface area contributed by atoms with Crippen molar-refractivity contribution in [1.82, 2.24) is 0 Å². The molecular formula is C17H14ClNO. The molecule has 1 atom stereocenters. The van der Waals surface area contributed by atoms with E-state index in [4.69, 9.17) is 16.3 Å². The van der Waals surface area contributed by atoms with Gasteiger partial charge in [-0.1, -0.05) is 41.9 Å². The van der Waals surface area contributed by atoms with Gasteiger partial charge < -0.3 is 4.74 Å². The monoisotopic (exact) mass is 283 g/mol. The number of rotatable bonds is 2. The second-order valence-electron chi connectivity index (χ2n) is 4.92. The molecule has 3 rings (SSSR count). The van der Waals surface area contributed by atoms with Crippen LogP contribution in [0.3, 0.4) is 0 Å². The smallest absolute Gasteiger partial charge is 0.139 e. The van der Waals surface area contributed by atoms with Gasteiger partial charge in [-0.2, -0.15) is 5.26 Å². The molecule has 0 saturated carbocycles. The Labute approximate surface area is 123 Å². The van der Waals surface area contributed by atoms with Crippen molar-refractivity contribution in [3.63, 3.8) is 0 Å². The maximum absolute atomic E-state index is 9.21. The van der Waals surface area contributed by atoms with Gasteiger partial charge in [-0.15, -0.1) is 0 Å². The molecule has 3 heteroatoms. The summed E-state index contributed by atoms with van der Waals surface area (Å²) in [6.45, 7) is 0. The first kappa shape index (κ1) is 13.0. The lowest BCUT2D eigenvalue weighted by Gasteiger charge is -2.26. The fourth-order valence-electron chi connectivity index (χ4n) is 2.70. The number of hydrogen-bond acceptors (Lipinski definition) is 2. The number of nitriles is 1. The van der Waals surface area contributed by atoms with Crippen LogP contribution in [0.15, 0.2) is 42.5 Å². The summed E-state index contributed by atoms with van der Waals surface area (Å²) in [6, 6.07) is 15.8. The minimum atomic E-state index is 0.00511. The van der Waals surface area contributed by atoms with E-state index < -0.39 is 0 Å². The summed E-state index contributed by atoms with van der Waals surface area (Å²) in [5, 5.41) is 9.65. The van der Waals surface area contributed by atoms with E-state index in [2.05, 4.69) is 24.3 Å². The third-order valence-electron chi connectivity index (χ3n) is 3.67. The van der Waals surface area contributed by atoms with E-state index in [1.807, 2.05) is 18.2 Å². The van der Waals surface area contributed by atoms with Crippen LogP contribution in [0.2, 0.25) is 5.02 Å². The number of halogens is 1. The summed E-state index contributed by atoms with van der Waals surface area (Å²) in [7, 11) is 0. The zero-order valence-electron chi connectivity index (χ0n) is 11.0. The standard InChI is InChI=1S/C17H14ClNO/c18-15-8-4-10-17(14(15)11-19)20-16-9-3-6-12-5-1-2-7-13(12)16/h1-2,4-5,7-8,10,16H,3,6,9H2. The molecule has 20 heavy (non-hydrogen) atoms. The average Bonchev–Trinajstić information content (AvgIpc) is 2.48. The lowest BCUT2D eigenvalue weighted by atomic mass is 9.89. The van der Waals surface area contributed by atoms with Crippen molar-refractivity contribution >= 4 is 11.6 Å². The molecule has 0 heterocycles. The van der Waals surface area contributed by atoms with Crippen molar-refractivity contribution in [2.75, 3.05) is 0 Å². The molecule has 2 nitrogen and oxygen atoms in total. The molecule has 0 fully saturated rings. The maximum atomic E-state index is 9.21. The van der Waals surface area contributed by atoms with E-state index >= 15 is 0 Å². The van der Waals surface area contributed by atoms with Gasteiger partial charge >= 0.3 is 0 Å². The minimum Gasteiger partial charge on any atom is -0.484 e. The maximum Gasteiger partial charge on any atom is 0.139 e. The summed E-state index contributed by atoms with van der Waals surface area (Å²) in [5.74, 6) is 0.571. The first-order chi connectivity index (χ1) is 9.79. The Morgan fingerprint density at radius 2 is 2.00 bits per heavy atom. The van der Waals surface area contributed by atoms with E-state index in [1.54, 1.807) is 6.07 Å². The fraction of sp³-hybridized carbons (Fsp3) is 0.235. The molecule has 0 bridgehead atoms. The molecule has 1 aliphatic carbocycles. The summed E-state index contributed by atoms with van der Waals surface area (Å²) < 4.78 is 6.08. The van der Waals surface area contributed by atoms with Gasteiger partial charge in [0.1, 0.15) is 23.5 Å². The predicted molar refractivity (Wildman–Crippen MR) is 78.9 cm³/mol. The molecule has 0 saturated heterocycles. The Balaban J connectivity index is 1.94. The predicted octanol–water partition coefficient (Wildman–Crippen LogP) is 4.67. The van der Waals surface area contributed by atoms with Crippen molar-refractivity contribution in [3.05, 3.63) is 64.2 Å². The third-order valence-corrected chi connectivity index (χ3v) is 3.99. The van der Waals surface area contributed by atoms with Gasteiger partial charge in [0.05, 0.1) is 5.02 Å². The summed E-state index contributed by atoms with van der Waals surface area (Å²) in [6.07, 6.45) is 3.17. The van der Waals surface area contributed by atoms with E-state index in [0.29, 0.717) is 16.3 Å². The SMILES string of the molecule is N#Cc1c(Cl)cccc1OC1CCCc2ccccc21. The highest BCUT2D eigenvalue weighted by Crippen LogP contribution is 2.35. The molecule has 100 valence electrons. The van der Waals surface area contributed by atoms with E-state index in [-0.39, 0.29) is 6.10 Å². The summed E-state index contributed by atoms with van der Waals surface area (Å²) >= 11 is 6.04. The Kier molecular flexibility index (Phi) is 3.62. The highest BCUT2D eigenvalue weighted by molar-refractivity contribution is 6.31. The molecule has 0 amide bonds. The number of aryl methyl sites for hydroxylation is 1. The fourth-order valence-corrected chi connectivity index (χ4v) is 2.90. The Bertz CT molecular complexity index is 675. The van der Waals surface area contributed by atoms with Crippen LogP contribution in [0.1, 0.15) is 35.6 Å². The van der Waals surface area contributed by atoms with Gasteiger partial charge in [0.2, 0.25) is 0 Å². The van der Waals surface area contributed by atoms with Crippen LogP contribution in [0.4, 0.5) is 0 Å². The molecule has 1 aliphatic rings. The van der Waals surface area contributed by atoms with Gasteiger partial charge in [-0.25, -0.2) is 0 Å². The first-order valence-corrected chi connectivity index (χ1v) is 7.10. The average molecular weight is 284 g/mol. The van der Waals surface area contributed by atoms with Crippen LogP contribution in [0, 0.1) is 11.3 Å². The van der Waals surface area contributed by atoms with Crippen LogP contribution in [0.25, 0.3) is 0 Å². The lowest BCUT2D eigenvalue weighted by molar-refractivity contribution is 0.183. The molecule has 0 radical (unpaired) electrons. The largest absolute Gasteiger partial charge is 0.484 e. The van der Waals surface area contributed by atoms with E-state index in [0.717, 1.165) is 19.3 Å². The third kappa shape index (κ3) is 2.37. The normalized spacial score (nSPS) is 17.1. The van der Waals surface area contributed by atoms with Crippen LogP contribution >= 0.6 is 11.6 Å². The number of nitrogens with zero attached hydrogens (tertiary/aromatic N) is 1. The quantitative estimate of drug-likeness (QED) is 0.802. The van der Waals surface area contributed by atoms with Crippen molar-refractivity contribution in [3.8, 4) is 11.8 Å². The van der Waals surface area contributed by atoms with Crippen LogP contribution in [-0.4, -0.2) is 0 Å². The van der Waals surface area contributed by atoms with Crippen molar-refractivity contribution in [1.29, 1.82) is 5.26 Å². The van der Waals surface area contributed by atoms with Gasteiger partial charge in [-0.3, -0.25) is 0 Å². The van der Waals surface area contributed by atoms with E-state index in [9.17, 15) is 5.26 Å². The second kappa shape index (κ2) is 5.56. The molecule has 0 aliphatic heterocycles. The molecule has 0 aromatic heterocycles. The number of hydrogen-bond donors (Lipinski definition) is 0. The number of fused-ring (bicyclic) bond motifs is 1. The van der Waals surface area contributed by atoms with Crippen molar-refractivity contribution in [2.45, 2.75) is 25.4 Å². The summed E-state index contributed by atoms with van der Waals surface area (Å²) in [5.41, 5.74) is 2.98. The Hall–Kier alpha value is -1.98. The summed E-state index contributed by atoms with van der Waals surface area (Å²) in [4.78, 5) is 0. The topological polar surface area (TPSA) is 33.0 Å². The molecule has 0 spiro atoms. The number of ether oxygens (including phenoxy) is 1. The van der Waals surface area contributed by atoms with Gasteiger partial charge in [0.25, 0.3) is 0 Å². The van der Waals surface area contributed by atoms with Gasteiger partial charge in [0.15, 0.2) is 0 Å². The molecular weight excluding hydrogens is 270 g/mol. The first-order valence-electron chi connectivity index (χ1n) is 6.72. The molecule has 2 aromatic carbocycles. The van der Waals surface area contributed by atoms with Crippen LogP contribution in [0.5, 0.6) is 5.75 Å². The lowest BCUT2D eigenvalue weighted by Crippen LogP contribution is -2.15. The van der Waals surface area contributed by atoms with Crippen molar-refractivity contribution < 1.29 is 4.74 Å². The second-order valence-corrected chi connectivity index (χ2v) is 5.33. The van der Waals surface area contributed by atoms with E-state index in [1.165, 1.54) is 11.1 Å². The van der Waals surface area contributed by atoms with Crippen LogP contribution < -0.4 is 4.74 Å². The zero-order valence-corrected chi connectivity index (χ0v) is 11.7. The molecule has 2 aromatic rings. The Morgan fingerprint density at radius 1 is 1.15 bits per heavy atom. The Morgan fingerprint density at radius 3 is 2.85 bits per heavy atom. The molecule has 1 unspecified atom stereocenters. The van der Waals surface area contributed by atoms with Gasteiger partial charge in [-0.05, 0) is 42.5 Å². The van der Waals surface area contributed by atoms with Gasteiger partial charge in [0, 0.05) is 0 Å². The minimum absolute atomic E-state index is 0.00511. The highest BCUT2D eigenvalue weighted by Gasteiger charge is 2.22. The highest BCUT2D eigenvalue weighted by atomic mass is 35.5. The van der Waals surface area contributed by atoms with Crippen molar-refractivity contribution in [2.24, 2.45) is 0 Å². The van der Waals surface area contributed by atoms with Crippen LogP contribution in [-0.2, 0) is 6.42 Å².